The molecule has 1 nitrogen and oxygen atoms in total. The molecular weight excluding hydrogens is 196 g/mol. The van der Waals surface area contributed by atoms with E-state index in [1.807, 2.05) is 0 Å². The van der Waals surface area contributed by atoms with Crippen LogP contribution in [0.5, 0.6) is 0 Å². The molecule has 86 valence electrons. The van der Waals surface area contributed by atoms with Crippen molar-refractivity contribution in [1.82, 2.24) is 0 Å². The van der Waals surface area contributed by atoms with Gasteiger partial charge in [0.1, 0.15) is 0 Å². The summed E-state index contributed by atoms with van der Waals surface area (Å²) in [6, 6.07) is 10.6. The minimum atomic E-state index is -0.0502. The van der Waals surface area contributed by atoms with E-state index in [1.54, 1.807) is 0 Å². The number of hydrogen-bond donors (Lipinski definition) is 1. The van der Waals surface area contributed by atoms with Crippen molar-refractivity contribution in [3.05, 3.63) is 35.9 Å². The second-order valence-electron chi connectivity index (χ2n) is 5.50. The molecule has 2 aliphatic carbocycles. The van der Waals surface area contributed by atoms with Crippen LogP contribution in [0.4, 0.5) is 0 Å². The van der Waals surface area contributed by atoms with Crippen LogP contribution < -0.4 is 0 Å². The van der Waals surface area contributed by atoms with Gasteiger partial charge >= 0.3 is 0 Å². The maximum atomic E-state index is 10.1. The van der Waals surface area contributed by atoms with E-state index in [1.165, 1.54) is 31.2 Å². The van der Waals surface area contributed by atoms with Crippen LogP contribution in [0.3, 0.4) is 0 Å². The standard InChI is InChI=1S/C15H20O/c16-15(9-8-11-6-7-11)14-10-13(14)12-4-2-1-3-5-12/h1-5,11,13-16H,6-10H2. The largest absolute Gasteiger partial charge is 0.393 e. The van der Waals surface area contributed by atoms with Gasteiger partial charge in [0.2, 0.25) is 0 Å². The Kier molecular flexibility index (Phi) is 2.72. The summed E-state index contributed by atoms with van der Waals surface area (Å²) >= 11 is 0. The quantitative estimate of drug-likeness (QED) is 0.800. The molecule has 3 rings (SSSR count). The Balaban J connectivity index is 1.50. The lowest BCUT2D eigenvalue weighted by Crippen LogP contribution is -2.10. The SMILES string of the molecule is OC(CCC1CC1)C1CC1c1ccccc1. The predicted octanol–water partition coefficient (Wildman–Crippen LogP) is 3.34. The first kappa shape index (κ1) is 10.3. The lowest BCUT2D eigenvalue weighted by Gasteiger charge is -2.09. The lowest BCUT2D eigenvalue weighted by molar-refractivity contribution is 0.134. The van der Waals surface area contributed by atoms with Crippen LogP contribution in [0.1, 0.15) is 43.6 Å². The van der Waals surface area contributed by atoms with Crippen LogP contribution in [-0.2, 0) is 0 Å². The highest BCUT2D eigenvalue weighted by Crippen LogP contribution is 2.50. The monoisotopic (exact) mass is 216 g/mol. The fraction of sp³-hybridized carbons (Fsp3) is 0.600. The van der Waals surface area contributed by atoms with Crippen molar-refractivity contribution in [2.45, 2.75) is 44.1 Å². The fourth-order valence-electron chi connectivity index (χ4n) is 2.75. The zero-order valence-corrected chi connectivity index (χ0v) is 9.68. The molecule has 1 aromatic carbocycles. The average molecular weight is 216 g/mol. The maximum Gasteiger partial charge on any atom is 0.0574 e. The molecule has 3 unspecified atom stereocenters. The van der Waals surface area contributed by atoms with Gasteiger partial charge in [-0.3, -0.25) is 0 Å². The van der Waals surface area contributed by atoms with Gasteiger partial charge < -0.3 is 5.11 Å². The Hall–Kier alpha value is -0.820. The van der Waals surface area contributed by atoms with Gasteiger partial charge in [-0.15, -0.1) is 0 Å². The Morgan fingerprint density at radius 2 is 1.94 bits per heavy atom. The van der Waals surface area contributed by atoms with E-state index in [9.17, 15) is 5.11 Å². The molecule has 2 fully saturated rings. The molecule has 1 aromatic rings. The topological polar surface area (TPSA) is 20.2 Å². The zero-order valence-electron chi connectivity index (χ0n) is 9.68. The Bertz CT molecular complexity index is 342. The van der Waals surface area contributed by atoms with E-state index < -0.39 is 0 Å². The zero-order chi connectivity index (χ0) is 11.0. The second kappa shape index (κ2) is 4.21. The molecule has 0 radical (unpaired) electrons. The number of hydrogen-bond acceptors (Lipinski definition) is 1. The first-order chi connectivity index (χ1) is 7.84. The summed E-state index contributed by atoms with van der Waals surface area (Å²) in [6.07, 6.45) is 6.22. The van der Waals surface area contributed by atoms with Crippen LogP contribution >= 0.6 is 0 Å². The first-order valence-electron chi connectivity index (χ1n) is 6.57. The number of aliphatic hydroxyl groups excluding tert-OH is 1. The van der Waals surface area contributed by atoms with E-state index in [-0.39, 0.29) is 6.10 Å². The third kappa shape index (κ3) is 2.30. The molecule has 0 heterocycles. The predicted molar refractivity (Wildman–Crippen MR) is 65.3 cm³/mol. The van der Waals surface area contributed by atoms with Crippen molar-refractivity contribution >= 4 is 0 Å². The summed E-state index contributed by atoms with van der Waals surface area (Å²) in [4.78, 5) is 0. The summed E-state index contributed by atoms with van der Waals surface area (Å²) < 4.78 is 0. The summed E-state index contributed by atoms with van der Waals surface area (Å²) in [5.74, 6) is 2.13. The van der Waals surface area contributed by atoms with Crippen molar-refractivity contribution in [3.63, 3.8) is 0 Å². The van der Waals surface area contributed by atoms with Gasteiger partial charge in [0, 0.05) is 0 Å². The van der Waals surface area contributed by atoms with Crippen LogP contribution in [0.2, 0.25) is 0 Å². The Labute approximate surface area is 97.5 Å². The van der Waals surface area contributed by atoms with E-state index >= 15 is 0 Å². The van der Waals surface area contributed by atoms with Crippen molar-refractivity contribution in [1.29, 1.82) is 0 Å². The average Bonchev–Trinajstić information content (AvgIpc) is 3.19. The second-order valence-corrected chi connectivity index (χ2v) is 5.50. The summed E-state index contributed by atoms with van der Waals surface area (Å²) in [6.45, 7) is 0. The van der Waals surface area contributed by atoms with Crippen LogP contribution in [0, 0.1) is 11.8 Å². The maximum absolute atomic E-state index is 10.1. The van der Waals surface area contributed by atoms with Gasteiger partial charge in [0.05, 0.1) is 6.10 Å². The number of rotatable bonds is 5. The Morgan fingerprint density at radius 3 is 2.62 bits per heavy atom. The Morgan fingerprint density at radius 1 is 1.19 bits per heavy atom. The minimum absolute atomic E-state index is 0.0502. The fourth-order valence-corrected chi connectivity index (χ4v) is 2.75. The van der Waals surface area contributed by atoms with Gasteiger partial charge in [0.15, 0.2) is 0 Å². The van der Waals surface area contributed by atoms with E-state index in [0.29, 0.717) is 11.8 Å². The molecule has 0 saturated heterocycles. The van der Waals surface area contributed by atoms with Gasteiger partial charge in [-0.1, -0.05) is 43.2 Å². The van der Waals surface area contributed by atoms with Crippen molar-refractivity contribution in [2.75, 3.05) is 0 Å². The third-order valence-corrected chi connectivity index (χ3v) is 4.13. The molecule has 0 aliphatic heterocycles. The van der Waals surface area contributed by atoms with Crippen LogP contribution in [-0.4, -0.2) is 11.2 Å². The van der Waals surface area contributed by atoms with Crippen molar-refractivity contribution in [3.8, 4) is 0 Å². The molecule has 16 heavy (non-hydrogen) atoms. The normalized spacial score (nSPS) is 30.1. The van der Waals surface area contributed by atoms with Crippen LogP contribution in [0.25, 0.3) is 0 Å². The molecule has 0 amide bonds. The van der Waals surface area contributed by atoms with Crippen molar-refractivity contribution in [2.24, 2.45) is 11.8 Å². The molecule has 3 atom stereocenters. The van der Waals surface area contributed by atoms with E-state index in [0.717, 1.165) is 12.3 Å². The van der Waals surface area contributed by atoms with E-state index in [2.05, 4.69) is 30.3 Å². The van der Waals surface area contributed by atoms with Crippen LogP contribution in [0.15, 0.2) is 30.3 Å². The molecule has 0 bridgehead atoms. The molecule has 0 spiro atoms. The summed E-state index contributed by atoms with van der Waals surface area (Å²) in [5.41, 5.74) is 1.41. The highest BCUT2D eigenvalue weighted by Gasteiger charge is 2.43. The molecule has 2 saturated carbocycles. The lowest BCUT2D eigenvalue weighted by atomic mass is 10.0. The number of benzene rings is 1. The number of aliphatic hydroxyl groups is 1. The highest BCUT2D eigenvalue weighted by molar-refractivity contribution is 5.26. The molecule has 1 heteroatoms. The van der Waals surface area contributed by atoms with Crippen molar-refractivity contribution < 1.29 is 5.11 Å². The van der Waals surface area contributed by atoms with Gasteiger partial charge in [-0.25, -0.2) is 0 Å². The van der Waals surface area contributed by atoms with Gasteiger partial charge in [-0.05, 0) is 42.6 Å². The van der Waals surface area contributed by atoms with Gasteiger partial charge in [0.25, 0.3) is 0 Å². The molecule has 2 aliphatic rings. The smallest absolute Gasteiger partial charge is 0.0574 e. The molecular formula is C15H20O. The first-order valence-corrected chi connectivity index (χ1v) is 6.57. The molecule has 0 aromatic heterocycles. The minimum Gasteiger partial charge on any atom is -0.393 e. The van der Waals surface area contributed by atoms with Gasteiger partial charge in [-0.2, -0.15) is 0 Å². The summed E-state index contributed by atoms with van der Waals surface area (Å²) in [5, 5.41) is 10.1. The highest BCUT2D eigenvalue weighted by atomic mass is 16.3. The summed E-state index contributed by atoms with van der Waals surface area (Å²) in [7, 11) is 0. The van der Waals surface area contributed by atoms with E-state index in [4.69, 9.17) is 0 Å². The third-order valence-electron chi connectivity index (χ3n) is 4.13. The molecule has 1 N–H and O–H groups in total.